The van der Waals surface area contributed by atoms with Gasteiger partial charge in [0, 0.05) is 13.0 Å². The first-order chi connectivity index (χ1) is 9.15. The zero-order valence-corrected chi connectivity index (χ0v) is 11.3. The summed E-state index contributed by atoms with van der Waals surface area (Å²) >= 11 is 0. The largest absolute Gasteiger partial charge is 0.497 e. The van der Waals surface area contributed by atoms with Crippen molar-refractivity contribution in [2.24, 2.45) is 0 Å². The minimum Gasteiger partial charge on any atom is -0.497 e. The van der Waals surface area contributed by atoms with Gasteiger partial charge in [-0.05, 0) is 24.6 Å². The highest BCUT2D eigenvalue weighted by Crippen LogP contribution is 2.24. The van der Waals surface area contributed by atoms with Gasteiger partial charge in [-0.3, -0.25) is 4.90 Å². The zero-order valence-electron chi connectivity index (χ0n) is 11.3. The Labute approximate surface area is 113 Å². The molecule has 0 unspecified atom stereocenters. The predicted molar refractivity (Wildman–Crippen MR) is 73.1 cm³/mol. The normalized spacial score (nSPS) is 22.2. The topological polar surface area (TPSA) is 38.8 Å². The van der Waals surface area contributed by atoms with Crippen molar-refractivity contribution in [3.8, 4) is 5.75 Å². The first-order valence-electron chi connectivity index (χ1n) is 6.36. The third kappa shape index (κ3) is 2.89. The molecule has 0 saturated carbocycles. The average Bonchev–Trinajstić information content (AvgIpc) is 2.68. The van der Waals surface area contributed by atoms with E-state index in [1.54, 1.807) is 18.1 Å². The number of methoxy groups -OCH3 is 1. The van der Waals surface area contributed by atoms with E-state index in [-0.39, 0.29) is 18.2 Å². The van der Waals surface area contributed by atoms with Gasteiger partial charge in [-0.25, -0.2) is 4.79 Å². The van der Waals surface area contributed by atoms with Crippen LogP contribution in [0.15, 0.2) is 36.9 Å². The number of amides is 1. The van der Waals surface area contributed by atoms with E-state index < -0.39 is 0 Å². The van der Waals surface area contributed by atoms with E-state index >= 15 is 0 Å². The van der Waals surface area contributed by atoms with E-state index in [0.717, 1.165) is 11.3 Å². The molecule has 0 radical (unpaired) electrons. The first kappa shape index (κ1) is 13.5. The summed E-state index contributed by atoms with van der Waals surface area (Å²) in [5.41, 5.74) is 1.06. The lowest BCUT2D eigenvalue weighted by molar-refractivity contribution is 0.131. The number of carbonyl (C=O) groups excluding carboxylic acids is 1. The van der Waals surface area contributed by atoms with E-state index in [9.17, 15) is 4.79 Å². The molecule has 1 aliphatic heterocycles. The molecule has 102 valence electrons. The van der Waals surface area contributed by atoms with Crippen molar-refractivity contribution < 1.29 is 14.3 Å². The highest BCUT2D eigenvalue weighted by molar-refractivity contribution is 5.70. The van der Waals surface area contributed by atoms with Crippen LogP contribution in [0.25, 0.3) is 0 Å². The fraction of sp³-hybridized carbons (Fsp3) is 0.400. The standard InChI is InChI=1S/C15H19NO3/c1-4-5-14-11(2)16(15(17)19-14)10-12-6-8-13(18-3)9-7-12/h4,6-9,11,14H,1,5,10H2,2-3H3/t11-,14-/m0/s1. The number of nitrogens with zero attached hydrogens (tertiary/aromatic N) is 1. The van der Waals surface area contributed by atoms with Gasteiger partial charge in [0.25, 0.3) is 0 Å². The Morgan fingerprint density at radius 2 is 2.11 bits per heavy atom. The average molecular weight is 261 g/mol. The van der Waals surface area contributed by atoms with Crippen LogP contribution >= 0.6 is 0 Å². The maximum absolute atomic E-state index is 11.8. The van der Waals surface area contributed by atoms with Crippen molar-refractivity contribution in [1.82, 2.24) is 4.90 Å². The van der Waals surface area contributed by atoms with Crippen molar-refractivity contribution in [3.05, 3.63) is 42.5 Å². The van der Waals surface area contributed by atoms with Crippen LogP contribution < -0.4 is 4.74 Å². The summed E-state index contributed by atoms with van der Waals surface area (Å²) in [5, 5.41) is 0. The molecular weight excluding hydrogens is 242 g/mol. The number of carbonyl (C=O) groups is 1. The van der Waals surface area contributed by atoms with Gasteiger partial charge in [-0.1, -0.05) is 18.2 Å². The molecule has 0 aromatic heterocycles. The van der Waals surface area contributed by atoms with Gasteiger partial charge in [-0.15, -0.1) is 6.58 Å². The summed E-state index contributed by atoms with van der Waals surface area (Å²) in [6.07, 6.45) is 2.12. The number of cyclic esters (lactones) is 1. The maximum atomic E-state index is 11.8. The molecular formula is C15H19NO3. The van der Waals surface area contributed by atoms with Crippen molar-refractivity contribution >= 4 is 6.09 Å². The van der Waals surface area contributed by atoms with Gasteiger partial charge in [-0.2, -0.15) is 0 Å². The maximum Gasteiger partial charge on any atom is 0.410 e. The summed E-state index contributed by atoms with van der Waals surface area (Å²) in [6, 6.07) is 7.76. The second kappa shape index (κ2) is 5.78. The van der Waals surface area contributed by atoms with Gasteiger partial charge >= 0.3 is 6.09 Å². The molecule has 1 heterocycles. The molecule has 2 atom stereocenters. The van der Waals surface area contributed by atoms with Crippen LogP contribution in [-0.4, -0.2) is 30.2 Å². The molecule has 4 heteroatoms. The number of benzene rings is 1. The molecule has 19 heavy (non-hydrogen) atoms. The summed E-state index contributed by atoms with van der Waals surface area (Å²) in [6.45, 7) is 6.24. The number of hydrogen-bond acceptors (Lipinski definition) is 3. The lowest BCUT2D eigenvalue weighted by Crippen LogP contribution is -2.33. The zero-order chi connectivity index (χ0) is 13.8. The van der Waals surface area contributed by atoms with Crippen LogP contribution in [0.1, 0.15) is 18.9 Å². The molecule has 0 aliphatic carbocycles. The predicted octanol–water partition coefficient (Wildman–Crippen LogP) is 2.98. The first-order valence-corrected chi connectivity index (χ1v) is 6.36. The molecule has 2 rings (SSSR count). The Bertz CT molecular complexity index is 455. The van der Waals surface area contributed by atoms with E-state index in [0.29, 0.717) is 13.0 Å². The lowest BCUT2D eigenvalue weighted by atomic mass is 10.1. The quantitative estimate of drug-likeness (QED) is 0.765. The monoisotopic (exact) mass is 261 g/mol. The molecule has 1 amide bonds. The molecule has 1 fully saturated rings. The van der Waals surface area contributed by atoms with Gasteiger partial charge in [0.2, 0.25) is 0 Å². The second-order valence-electron chi connectivity index (χ2n) is 4.66. The molecule has 1 aromatic carbocycles. The minimum absolute atomic E-state index is 0.0626. The molecule has 1 saturated heterocycles. The summed E-state index contributed by atoms with van der Waals surface area (Å²) in [5.74, 6) is 0.810. The number of rotatable bonds is 5. The molecule has 1 aliphatic rings. The fourth-order valence-electron chi connectivity index (χ4n) is 2.21. The number of hydrogen-bond donors (Lipinski definition) is 0. The van der Waals surface area contributed by atoms with Crippen molar-refractivity contribution in [2.75, 3.05) is 7.11 Å². The molecule has 1 aromatic rings. The van der Waals surface area contributed by atoms with Gasteiger partial charge in [0.05, 0.1) is 13.2 Å². The summed E-state index contributed by atoms with van der Waals surface area (Å²) in [4.78, 5) is 13.6. The Morgan fingerprint density at radius 1 is 1.42 bits per heavy atom. The van der Waals surface area contributed by atoms with Crippen molar-refractivity contribution in [2.45, 2.75) is 32.0 Å². The van der Waals surface area contributed by atoms with Gasteiger partial charge in [0.15, 0.2) is 0 Å². The molecule has 0 N–H and O–H groups in total. The van der Waals surface area contributed by atoms with Crippen LogP contribution in [0.3, 0.4) is 0 Å². The minimum atomic E-state index is -0.254. The second-order valence-corrected chi connectivity index (χ2v) is 4.66. The Hall–Kier alpha value is -1.97. The summed E-state index contributed by atoms with van der Waals surface area (Å²) < 4.78 is 10.4. The van der Waals surface area contributed by atoms with E-state index in [1.807, 2.05) is 31.2 Å². The van der Waals surface area contributed by atoms with Gasteiger partial charge in [0.1, 0.15) is 11.9 Å². The SMILES string of the molecule is C=CC[C@@H]1OC(=O)N(Cc2ccc(OC)cc2)[C@H]1C. The van der Waals surface area contributed by atoms with Crippen LogP contribution in [0.5, 0.6) is 5.75 Å². The lowest BCUT2D eigenvalue weighted by Gasteiger charge is -2.20. The molecule has 0 bridgehead atoms. The third-order valence-corrected chi connectivity index (χ3v) is 3.43. The van der Waals surface area contributed by atoms with Gasteiger partial charge < -0.3 is 9.47 Å². The molecule has 4 nitrogen and oxygen atoms in total. The molecule has 0 spiro atoms. The Kier molecular flexibility index (Phi) is 4.10. The third-order valence-electron chi connectivity index (χ3n) is 3.43. The van der Waals surface area contributed by atoms with E-state index in [2.05, 4.69) is 6.58 Å². The van der Waals surface area contributed by atoms with Crippen molar-refractivity contribution in [3.63, 3.8) is 0 Å². The highest BCUT2D eigenvalue weighted by Gasteiger charge is 2.37. The van der Waals surface area contributed by atoms with Crippen LogP contribution in [0, 0.1) is 0 Å². The number of ether oxygens (including phenoxy) is 2. The van der Waals surface area contributed by atoms with Crippen LogP contribution in [0.4, 0.5) is 4.79 Å². The highest BCUT2D eigenvalue weighted by atomic mass is 16.6. The summed E-state index contributed by atoms with van der Waals surface area (Å²) in [7, 11) is 1.63. The smallest absolute Gasteiger partial charge is 0.410 e. The Balaban J connectivity index is 2.05. The van der Waals surface area contributed by atoms with E-state index in [4.69, 9.17) is 9.47 Å². The van der Waals surface area contributed by atoms with Crippen molar-refractivity contribution in [1.29, 1.82) is 0 Å². The van der Waals surface area contributed by atoms with Crippen LogP contribution in [-0.2, 0) is 11.3 Å². The van der Waals surface area contributed by atoms with E-state index in [1.165, 1.54) is 0 Å². The van der Waals surface area contributed by atoms with Crippen LogP contribution in [0.2, 0.25) is 0 Å². The Morgan fingerprint density at radius 3 is 2.68 bits per heavy atom. The fourth-order valence-corrected chi connectivity index (χ4v) is 2.21.